The number of rotatable bonds is 19. The van der Waals surface area contributed by atoms with Gasteiger partial charge < -0.3 is 53.9 Å². The van der Waals surface area contributed by atoms with Gasteiger partial charge in [0.05, 0.1) is 0 Å². The van der Waals surface area contributed by atoms with Gasteiger partial charge in [-0.3, -0.25) is 52.7 Å². The van der Waals surface area contributed by atoms with Gasteiger partial charge in [-0.15, -0.1) is 17.9 Å². The third kappa shape index (κ3) is 36.1. The molecular formula is C83H147N11O11P2V. The quantitative estimate of drug-likeness (QED) is 0.111. The molecule has 11 aliphatic heterocycles. The van der Waals surface area contributed by atoms with Crippen LogP contribution in [0.25, 0.3) is 0 Å². The Balaban J connectivity index is 0.000000431. The molecule has 11 heterocycles. The van der Waals surface area contributed by atoms with Gasteiger partial charge in [-0.05, 0) is 195 Å². The van der Waals surface area contributed by atoms with E-state index < -0.39 is 0 Å². The molecule has 25 heteroatoms. The number of amides is 11. The minimum Gasteiger partial charge on any atom is -0.343 e. The summed E-state index contributed by atoms with van der Waals surface area (Å²) in [6, 6.07) is 1.62. The Bertz CT molecular complexity index is 2780. The smallest absolute Gasteiger partial charge is 0.226 e. The summed E-state index contributed by atoms with van der Waals surface area (Å²) in [5, 5.41) is 0. The molecule has 11 saturated heterocycles. The fourth-order valence-electron chi connectivity index (χ4n) is 15.2. The third-order valence-electron chi connectivity index (χ3n) is 22.6. The molecule has 8 atom stereocenters. The van der Waals surface area contributed by atoms with E-state index >= 15 is 0 Å². The second-order valence-electron chi connectivity index (χ2n) is 30.6. The molecule has 0 bridgehead atoms. The molecule has 615 valence electrons. The first kappa shape index (κ1) is 98.9. The van der Waals surface area contributed by atoms with Gasteiger partial charge in [0.15, 0.2) is 0 Å². The molecule has 1 radical (unpaired) electrons. The van der Waals surface area contributed by atoms with Gasteiger partial charge in [-0.2, -0.15) is 0 Å². The van der Waals surface area contributed by atoms with Crippen molar-refractivity contribution in [2.24, 2.45) is 0 Å². The molecular weight excluding hydrogens is 1440 g/mol. The first-order valence-corrected chi connectivity index (χ1v) is 44.3. The van der Waals surface area contributed by atoms with Crippen molar-refractivity contribution < 1.29 is 71.3 Å². The van der Waals surface area contributed by atoms with Crippen molar-refractivity contribution in [1.29, 1.82) is 0 Å². The van der Waals surface area contributed by atoms with Crippen LogP contribution in [0.2, 0.25) is 0 Å². The number of nitrogens with zero attached hydrogens (tertiary/aromatic N) is 11. The van der Waals surface area contributed by atoms with Crippen molar-refractivity contribution in [3.8, 4) is 0 Å². The van der Waals surface area contributed by atoms with Gasteiger partial charge in [0.1, 0.15) is 0 Å². The SMILES string of the molecule is C.C=CN1CCCCCC1=O.CC(/C=C/N1CCCC1=O)N1CCCC1=O.CC(/C=C/N1CCCCCC1=O)N1CCCCCC1=O.CC(CCN1CCCC1=O)N1CCCC1=O.CC(CCN1CCCCCC1=O)N1CCCCCC1=O.CCC(C)N1CCCC1=O.CCC(C)N1CCCCCC1=O.PP.[V]. The number of carbonyl (C=O) groups excluding carboxylic acids is 11. The molecule has 0 aromatic carbocycles. The average molecular weight is 1590 g/mol. The molecule has 0 N–H and O–H groups in total. The van der Waals surface area contributed by atoms with E-state index in [0.717, 1.165) is 239 Å². The maximum Gasteiger partial charge on any atom is 0.226 e. The Kier molecular flexibility index (Phi) is 52.2. The van der Waals surface area contributed by atoms with Crippen molar-refractivity contribution >= 4 is 82.8 Å². The van der Waals surface area contributed by atoms with E-state index in [9.17, 15) is 52.7 Å². The van der Waals surface area contributed by atoms with Gasteiger partial charge in [-0.25, -0.2) is 0 Å². The van der Waals surface area contributed by atoms with E-state index in [1.165, 1.54) is 32.1 Å². The van der Waals surface area contributed by atoms with E-state index in [2.05, 4.69) is 66.0 Å². The number of carbonyl (C=O) groups is 11. The van der Waals surface area contributed by atoms with Crippen LogP contribution in [0.3, 0.4) is 0 Å². The number of hydrogen-bond acceptors (Lipinski definition) is 11. The normalized spacial score (nSPS) is 22.2. The molecule has 11 rings (SSSR count). The van der Waals surface area contributed by atoms with Crippen molar-refractivity contribution in [3.63, 3.8) is 0 Å². The second kappa shape index (κ2) is 57.0. The van der Waals surface area contributed by atoms with Crippen molar-refractivity contribution in [2.75, 3.05) is 85.1 Å². The molecule has 11 aliphatic rings. The van der Waals surface area contributed by atoms with E-state index in [1.807, 2.05) is 82.5 Å². The van der Waals surface area contributed by atoms with E-state index in [4.69, 9.17) is 0 Å². The molecule has 0 saturated carbocycles. The summed E-state index contributed by atoms with van der Waals surface area (Å²) in [6.07, 6.45) is 45.9. The summed E-state index contributed by atoms with van der Waals surface area (Å²) in [6.45, 7) is 31.7. The predicted molar refractivity (Wildman–Crippen MR) is 437 cm³/mol. The molecule has 0 aliphatic carbocycles. The Labute approximate surface area is 669 Å². The molecule has 0 spiro atoms. The Morgan fingerprint density at radius 3 is 0.852 bits per heavy atom. The van der Waals surface area contributed by atoms with Crippen LogP contribution in [-0.2, 0) is 71.3 Å². The summed E-state index contributed by atoms with van der Waals surface area (Å²) in [5.41, 5.74) is 0. The summed E-state index contributed by atoms with van der Waals surface area (Å²) in [5.74, 6) is 2.98. The van der Waals surface area contributed by atoms with E-state index in [-0.39, 0.29) is 91.5 Å². The molecule has 0 aromatic heterocycles. The van der Waals surface area contributed by atoms with Gasteiger partial charge >= 0.3 is 0 Å². The molecule has 0 aromatic rings. The summed E-state index contributed by atoms with van der Waals surface area (Å²) in [4.78, 5) is 149. The summed E-state index contributed by atoms with van der Waals surface area (Å²) < 4.78 is 0. The summed E-state index contributed by atoms with van der Waals surface area (Å²) in [7, 11) is 4.67. The van der Waals surface area contributed by atoms with Crippen LogP contribution in [0, 0.1) is 0 Å². The minimum absolute atomic E-state index is 0. The van der Waals surface area contributed by atoms with Gasteiger partial charge in [-0.1, -0.05) is 66.4 Å². The molecule has 8 unspecified atom stereocenters. The monoisotopic (exact) mass is 1590 g/mol. The zero-order valence-electron chi connectivity index (χ0n) is 67.6. The van der Waals surface area contributed by atoms with E-state index in [1.54, 1.807) is 16.0 Å². The van der Waals surface area contributed by atoms with Crippen LogP contribution >= 0.6 is 17.9 Å². The average Bonchev–Trinajstić information content (AvgIpc) is 1.86. The largest absolute Gasteiger partial charge is 0.343 e. The Hall–Kier alpha value is -5.17. The molecule has 22 nitrogen and oxygen atoms in total. The zero-order chi connectivity index (χ0) is 77.8. The van der Waals surface area contributed by atoms with Gasteiger partial charge in [0.25, 0.3) is 0 Å². The Morgan fingerprint density at radius 2 is 0.528 bits per heavy atom. The second-order valence-corrected chi connectivity index (χ2v) is 30.6. The molecule has 11 amide bonds. The van der Waals surface area contributed by atoms with Crippen LogP contribution in [0.15, 0.2) is 37.3 Å². The van der Waals surface area contributed by atoms with E-state index in [0.29, 0.717) is 93.5 Å². The van der Waals surface area contributed by atoms with Crippen molar-refractivity contribution in [2.45, 2.75) is 343 Å². The van der Waals surface area contributed by atoms with Crippen LogP contribution < -0.4 is 0 Å². The number of likely N-dealkylation sites (tertiary alicyclic amines) is 11. The topological polar surface area (TPSA) is 223 Å². The van der Waals surface area contributed by atoms with Crippen molar-refractivity contribution in [1.82, 2.24) is 53.9 Å². The van der Waals surface area contributed by atoms with Crippen LogP contribution in [0.4, 0.5) is 0 Å². The maximum absolute atomic E-state index is 12.1. The third-order valence-corrected chi connectivity index (χ3v) is 22.6. The fraction of sp³-hybridized carbons (Fsp3) is 0.795. The predicted octanol–water partition coefficient (Wildman–Crippen LogP) is 13.8. The summed E-state index contributed by atoms with van der Waals surface area (Å²) >= 11 is 0. The minimum atomic E-state index is 0. The maximum atomic E-state index is 12.1. The number of hydrogen-bond donors (Lipinski definition) is 0. The first-order valence-electron chi connectivity index (χ1n) is 41.6. The van der Waals surface area contributed by atoms with Crippen LogP contribution in [0.1, 0.15) is 307 Å². The molecule has 11 fully saturated rings. The zero-order valence-corrected chi connectivity index (χ0v) is 71.3. The first-order chi connectivity index (χ1) is 51.1. The van der Waals surface area contributed by atoms with Crippen LogP contribution in [0.5, 0.6) is 0 Å². The van der Waals surface area contributed by atoms with Crippen LogP contribution in [-0.4, -0.2) is 240 Å². The standard InChI is InChI=1S/C16H28N2O2.C16H26N2O2.C12H20N2O2.C12H18N2O2.C10H19NO.C8H15NO.C8H13NO.CH4.H4P2.V/c2*1-14(18-12-7-3-5-9-16(18)20)10-13-17-11-6-2-4-8-15(17)19;2*1-10(14-8-3-5-12(14)16)6-9-13-7-2-4-11(13)15;1-3-9(2)11-8-6-4-5-7-10(11)12;1-3-7(2)9-6-4-5-8(9)10;1-2-9-7-5-3-4-6-8(9)10;;1-2;/h14H,2-13H2,1H3;10,13-14H,2-9,11-12H2,1H3;10H,2-9H2,1H3;6,9-10H,2-5,7-8H2,1H3;9H,3-8H2,1-2H3;7H,3-6H2,1-2H3;2H,1,3-7H2;1H4;1-2H2;/b;13-10+;;9-6+;;;;;;. The fourth-order valence-corrected chi connectivity index (χ4v) is 15.2. The molecule has 108 heavy (non-hydrogen) atoms. The van der Waals surface area contributed by atoms with Crippen molar-refractivity contribution in [3.05, 3.63) is 37.3 Å². The van der Waals surface area contributed by atoms with Gasteiger partial charge in [0.2, 0.25) is 65.0 Å². The Morgan fingerprint density at radius 1 is 0.296 bits per heavy atom. The van der Waals surface area contributed by atoms with Gasteiger partial charge in [0, 0.05) is 223 Å².